The highest BCUT2D eigenvalue weighted by molar-refractivity contribution is 6.17. The van der Waals surface area contributed by atoms with Crippen LogP contribution in [-0.2, 0) is 12.5 Å². The van der Waals surface area contributed by atoms with Crippen LogP contribution in [0.4, 0.5) is 4.39 Å². The molecule has 0 N–H and O–H groups in total. The highest BCUT2D eigenvalue weighted by Gasteiger charge is 2.03. The van der Waals surface area contributed by atoms with Crippen molar-refractivity contribution in [2.75, 3.05) is 0 Å². The molecule has 0 fully saturated rings. The Morgan fingerprint density at radius 1 is 1.11 bits per heavy atom. The molecule has 0 aliphatic rings. The van der Waals surface area contributed by atoms with E-state index in [0.29, 0.717) is 23.8 Å². The van der Waals surface area contributed by atoms with Crippen molar-refractivity contribution in [3.63, 3.8) is 0 Å². The third-order valence-electron chi connectivity index (χ3n) is 2.79. The molecular weight excluding hydrogens is 251 g/mol. The Hall–Kier alpha value is -1.54. The predicted octanol–water partition coefficient (Wildman–Crippen LogP) is 4.45. The van der Waals surface area contributed by atoms with E-state index < -0.39 is 0 Å². The van der Waals surface area contributed by atoms with E-state index in [4.69, 9.17) is 16.3 Å². The third kappa shape index (κ3) is 3.02. The molecule has 18 heavy (non-hydrogen) atoms. The van der Waals surface area contributed by atoms with Gasteiger partial charge in [0, 0.05) is 5.88 Å². The number of hydrogen-bond donors (Lipinski definition) is 0. The second kappa shape index (κ2) is 5.87. The van der Waals surface area contributed by atoms with Crippen LogP contribution in [0.1, 0.15) is 16.7 Å². The maximum Gasteiger partial charge on any atom is 0.126 e. The zero-order valence-corrected chi connectivity index (χ0v) is 10.9. The van der Waals surface area contributed by atoms with E-state index in [1.165, 1.54) is 6.07 Å². The molecule has 2 aromatic carbocycles. The van der Waals surface area contributed by atoms with Gasteiger partial charge in [0.15, 0.2) is 0 Å². The van der Waals surface area contributed by atoms with Crippen molar-refractivity contribution in [1.82, 2.24) is 0 Å². The topological polar surface area (TPSA) is 9.23 Å². The van der Waals surface area contributed by atoms with Gasteiger partial charge in [-0.2, -0.15) is 0 Å². The zero-order valence-electron chi connectivity index (χ0n) is 10.1. The summed E-state index contributed by atoms with van der Waals surface area (Å²) in [6, 6.07) is 12.6. The van der Waals surface area contributed by atoms with Gasteiger partial charge in [-0.3, -0.25) is 0 Å². The summed E-state index contributed by atoms with van der Waals surface area (Å²) in [5, 5.41) is 0. The van der Waals surface area contributed by atoms with Crippen molar-refractivity contribution in [2.24, 2.45) is 0 Å². The highest BCUT2D eigenvalue weighted by atomic mass is 35.5. The molecule has 1 nitrogen and oxygen atoms in total. The van der Waals surface area contributed by atoms with Crippen molar-refractivity contribution >= 4 is 11.6 Å². The van der Waals surface area contributed by atoms with Gasteiger partial charge in [0.25, 0.3) is 0 Å². The van der Waals surface area contributed by atoms with Gasteiger partial charge in [0.2, 0.25) is 0 Å². The van der Waals surface area contributed by atoms with Crippen LogP contribution in [0.2, 0.25) is 0 Å². The number of halogens is 2. The second-order valence-electron chi connectivity index (χ2n) is 4.10. The number of aryl methyl sites for hydroxylation is 1. The Morgan fingerprint density at radius 2 is 1.83 bits per heavy atom. The summed E-state index contributed by atoms with van der Waals surface area (Å²) in [6.45, 7) is 2.16. The summed E-state index contributed by atoms with van der Waals surface area (Å²) in [7, 11) is 0. The van der Waals surface area contributed by atoms with Gasteiger partial charge in [0.05, 0.1) is 0 Å². The number of alkyl halides is 1. The molecule has 0 aliphatic carbocycles. The molecule has 0 aliphatic heterocycles. The summed E-state index contributed by atoms with van der Waals surface area (Å²) in [4.78, 5) is 0. The molecule has 0 spiro atoms. The maximum atomic E-state index is 13.1. The fourth-order valence-corrected chi connectivity index (χ4v) is 1.96. The molecule has 0 radical (unpaired) electrons. The van der Waals surface area contributed by atoms with Gasteiger partial charge in [-0.1, -0.05) is 24.3 Å². The molecule has 0 saturated heterocycles. The fraction of sp³-hybridized carbons (Fsp3) is 0.200. The van der Waals surface area contributed by atoms with Gasteiger partial charge >= 0.3 is 0 Å². The molecule has 0 atom stereocenters. The van der Waals surface area contributed by atoms with E-state index in [0.717, 1.165) is 11.1 Å². The van der Waals surface area contributed by atoms with Crippen LogP contribution >= 0.6 is 11.6 Å². The molecule has 0 amide bonds. The van der Waals surface area contributed by atoms with E-state index in [2.05, 4.69) is 0 Å². The summed E-state index contributed by atoms with van der Waals surface area (Å²) in [5.41, 5.74) is 2.69. The summed E-state index contributed by atoms with van der Waals surface area (Å²) in [5.74, 6) is 0.906. The Labute approximate surface area is 111 Å². The van der Waals surface area contributed by atoms with Gasteiger partial charge in [0.1, 0.15) is 18.2 Å². The smallest absolute Gasteiger partial charge is 0.126 e. The number of ether oxygens (including phenoxy) is 1. The lowest BCUT2D eigenvalue weighted by molar-refractivity contribution is 0.304. The number of benzene rings is 2. The minimum Gasteiger partial charge on any atom is -0.489 e. The van der Waals surface area contributed by atoms with E-state index >= 15 is 0 Å². The lowest BCUT2D eigenvalue weighted by atomic mass is 10.1. The van der Waals surface area contributed by atoms with Crippen LogP contribution in [0.25, 0.3) is 0 Å². The molecule has 0 unspecified atom stereocenters. The van der Waals surface area contributed by atoms with Crippen LogP contribution in [0.3, 0.4) is 0 Å². The molecule has 2 rings (SSSR count). The van der Waals surface area contributed by atoms with Crippen LogP contribution in [0.15, 0.2) is 42.5 Å². The normalized spacial score (nSPS) is 10.4. The van der Waals surface area contributed by atoms with E-state index in [-0.39, 0.29) is 5.82 Å². The minimum absolute atomic E-state index is 0.219. The van der Waals surface area contributed by atoms with Gasteiger partial charge in [-0.15, -0.1) is 11.6 Å². The van der Waals surface area contributed by atoms with E-state index in [1.54, 1.807) is 19.1 Å². The Bertz CT molecular complexity index is 540. The lowest BCUT2D eigenvalue weighted by Gasteiger charge is -2.10. The summed E-state index contributed by atoms with van der Waals surface area (Å²) < 4.78 is 18.8. The van der Waals surface area contributed by atoms with E-state index in [1.807, 2.05) is 24.3 Å². The zero-order chi connectivity index (χ0) is 13.0. The molecule has 3 heteroatoms. The van der Waals surface area contributed by atoms with Crippen LogP contribution in [0.5, 0.6) is 5.75 Å². The molecular formula is C15H14ClFO. The first kappa shape index (κ1) is 12.9. The van der Waals surface area contributed by atoms with E-state index in [9.17, 15) is 4.39 Å². The number of hydrogen-bond acceptors (Lipinski definition) is 1. The molecule has 94 valence electrons. The SMILES string of the molecule is Cc1cc(OCc2ccccc2CCl)ccc1F. The summed E-state index contributed by atoms with van der Waals surface area (Å²) in [6.07, 6.45) is 0. The van der Waals surface area contributed by atoms with Crippen LogP contribution < -0.4 is 4.74 Å². The van der Waals surface area contributed by atoms with Gasteiger partial charge in [-0.25, -0.2) is 4.39 Å². The van der Waals surface area contributed by atoms with Crippen LogP contribution in [-0.4, -0.2) is 0 Å². The largest absolute Gasteiger partial charge is 0.489 e. The summed E-state index contributed by atoms with van der Waals surface area (Å²) >= 11 is 5.85. The first-order valence-corrected chi connectivity index (χ1v) is 6.26. The molecule has 2 aromatic rings. The predicted molar refractivity (Wildman–Crippen MR) is 71.5 cm³/mol. The van der Waals surface area contributed by atoms with Gasteiger partial charge < -0.3 is 4.74 Å². The fourth-order valence-electron chi connectivity index (χ4n) is 1.70. The molecule has 0 heterocycles. The molecule has 0 bridgehead atoms. The van der Waals surface area contributed by atoms with Crippen molar-refractivity contribution in [3.8, 4) is 5.75 Å². The van der Waals surface area contributed by atoms with Crippen molar-refractivity contribution in [2.45, 2.75) is 19.4 Å². The van der Waals surface area contributed by atoms with Crippen molar-refractivity contribution < 1.29 is 9.13 Å². The second-order valence-corrected chi connectivity index (χ2v) is 4.37. The first-order chi connectivity index (χ1) is 8.70. The minimum atomic E-state index is -0.219. The Kier molecular flexibility index (Phi) is 4.21. The molecule has 0 aromatic heterocycles. The highest BCUT2D eigenvalue weighted by Crippen LogP contribution is 2.19. The van der Waals surface area contributed by atoms with Crippen molar-refractivity contribution in [3.05, 3.63) is 65.0 Å². The maximum absolute atomic E-state index is 13.1. The number of rotatable bonds is 4. The monoisotopic (exact) mass is 264 g/mol. The van der Waals surface area contributed by atoms with Gasteiger partial charge in [-0.05, 0) is 41.8 Å². The standard InChI is InChI=1S/C15H14ClFO/c1-11-8-14(6-7-15(11)17)18-10-13-5-3-2-4-12(13)9-16/h2-8H,9-10H2,1H3. The average Bonchev–Trinajstić information content (AvgIpc) is 2.40. The lowest BCUT2D eigenvalue weighted by Crippen LogP contribution is -1.99. The average molecular weight is 265 g/mol. The Morgan fingerprint density at radius 3 is 2.50 bits per heavy atom. The quantitative estimate of drug-likeness (QED) is 0.741. The first-order valence-electron chi connectivity index (χ1n) is 5.72. The van der Waals surface area contributed by atoms with Crippen LogP contribution in [0, 0.1) is 12.7 Å². The third-order valence-corrected chi connectivity index (χ3v) is 3.07. The Balaban J connectivity index is 2.09. The molecule has 0 saturated carbocycles. The van der Waals surface area contributed by atoms with Crippen molar-refractivity contribution in [1.29, 1.82) is 0 Å².